The number of benzene rings is 3. The number of fused-ring (bicyclic) bond motifs is 2. The number of halogens is 6. The van der Waals surface area contributed by atoms with Gasteiger partial charge in [-0.05, 0) is 48.6 Å². The van der Waals surface area contributed by atoms with Gasteiger partial charge in [-0.3, -0.25) is 24.6 Å². The van der Waals surface area contributed by atoms with Crippen molar-refractivity contribution in [3.63, 3.8) is 0 Å². The summed E-state index contributed by atoms with van der Waals surface area (Å²) in [6, 6.07) is 21.3. The Morgan fingerprint density at radius 1 is 0.854 bits per heavy atom. The van der Waals surface area contributed by atoms with E-state index in [0.29, 0.717) is 24.9 Å². The summed E-state index contributed by atoms with van der Waals surface area (Å²) in [7, 11) is 0. The number of hydrogen-bond donors (Lipinski definition) is 2. The van der Waals surface area contributed by atoms with Crippen molar-refractivity contribution in [1.29, 1.82) is 0 Å². The van der Waals surface area contributed by atoms with E-state index in [1.54, 1.807) is 4.90 Å². The Bertz CT molecular complexity index is 1680. The topological polar surface area (TPSA) is 107 Å². The molecular formula is C34H31F6N3O5. The third kappa shape index (κ3) is 6.80. The fourth-order valence-corrected chi connectivity index (χ4v) is 6.68. The van der Waals surface area contributed by atoms with Crippen molar-refractivity contribution in [2.24, 2.45) is 11.8 Å². The van der Waals surface area contributed by atoms with Gasteiger partial charge in [-0.1, -0.05) is 72.3 Å². The van der Waals surface area contributed by atoms with E-state index in [1.807, 2.05) is 61.5 Å². The highest BCUT2D eigenvalue weighted by molar-refractivity contribution is 6.10. The van der Waals surface area contributed by atoms with Crippen molar-refractivity contribution >= 4 is 23.7 Å². The van der Waals surface area contributed by atoms with E-state index in [0.717, 1.165) is 28.8 Å². The summed E-state index contributed by atoms with van der Waals surface area (Å²) in [5, 5.41) is 10.6. The SMILES string of the molecule is Cc1ccc([C@H]2N[C@]3(CCCN(Cc4ccc(C(F)(F)F)cc4)C3=O)[C@H]3C(=O)N(Cc4ccccc4)C(=O)[C@@H]23)cc1.O=C(O)C(F)(F)F. The number of aryl methyl sites for hydroxylation is 1. The molecule has 3 aliphatic rings. The molecule has 254 valence electrons. The van der Waals surface area contributed by atoms with Crippen LogP contribution in [-0.4, -0.2) is 56.9 Å². The van der Waals surface area contributed by atoms with Crippen LogP contribution in [0.15, 0.2) is 78.9 Å². The number of carbonyl (C=O) groups excluding carboxylic acids is 3. The lowest BCUT2D eigenvalue weighted by Crippen LogP contribution is -2.63. The molecule has 0 saturated carbocycles. The smallest absolute Gasteiger partial charge is 0.475 e. The maximum atomic E-state index is 14.3. The molecule has 3 saturated heterocycles. The van der Waals surface area contributed by atoms with Crippen molar-refractivity contribution in [2.75, 3.05) is 6.54 Å². The zero-order valence-electron chi connectivity index (χ0n) is 25.5. The van der Waals surface area contributed by atoms with E-state index in [9.17, 15) is 40.7 Å². The highest BCUT2D eigenvalue weighted by Gasteiger charge is 2.69. The monoisotopic (exact) mass is 675 g/mol. The zero-order chi connectivity index (χ0) is 35.0. The average molecular weight is 676 g/mol. The fraction of sp³-hybridized carbons (Fsp3) is 0.353. The number of carboxylic acids is 1. The Hall–Kier alpha value is -4.72. The summed E-state index contributed by atoms with van der Waals surface area (Å²) >= 11 is 0. The normalized spacial score (nSPS) is 24.1. The number of piperidine rings is 1. The summed E-state index contributed by atoms with van der Waals surface area (Å²) in [4.78, 5) is 54.0. The maximum Gasteiger partial charge on any atom is 0.490 e. The summed E-state index contributed by atoms with van der Waals surface area (Å²) in [6.45, 7) is 2.62. The minimum absolute atomic E-state index is 0.114. The van der Waals surface area contributed by atoms with Gasteiger partial charge in [0.2, 0.25) is 17.7 Å². The average Bonchev–Trinajstić information content (AvgIpc) is 3.49. The van der Waals surface area contributed by atoms with E-state index >= 15 is 0 Å². The van der Waals surface area contributed by atoms with Crippen LogP contribution < -0.4 is 5.32 Å². The number of nitrogens with zero attached hydrogens (tertiary/aromatic N) is 2. The van der Waals surface area contributed by atoms with Gasteiger partial charge in [-0.2, -0.15) is 26.3 Å². The van der Waals surface area contributed by atoms with E-state index in [1.165, 1.54) is 17.0 Å². The van der Waals surface area contributed by atoms with E-state index < -0.39 is 47.3 Å². The van der Waals surface area contributed by atoms with E-state index in [2.05, 4.69) is 5.32 Å². The van der Waals surface area contributed by atoms with Crippen LogP contribution in [-0.2, 0) is 38.4 Å². The van der Waals surface area contributed by atoms with Crippen molar-refractivity contribution in [3.8, 4) is 0 Å². The number of nitrogens with one attached hydrogen (secondary N) is 1. The van der Waals surface area contributed by atoms with Crippen LogP contribution in [0, 0.1) is 18.8 Å². The highest BCUT2D eigenvalue weighted by atomic mass is 19.4. The number of aliphatic carboxylic acids is 1. The molecule has 48 heavy (non-hydrogen) atoms. The van der Waals surface area contributed by atoms with E-state index in [-0.39, 0.29) is 30.8 Å². The van der Waals surface area contributed by atoms with Crippen LogP contribution in [0.2, 0.25) is 0 Å². The lowest BCUT2D eigenvalue weighted by Gasteiger charge is -2.42. The minimum atomic E-state index is -5.08. The van der Waals surface area contributed by atoms with Gasteiger partial charge in [0.05, 0.1) is 23.9 Å². The van der Waals surface area contributed by atoms with Gasteiger partial charge in [-0.15, -0.1) is 0 Å². The molecule has 2 N–H and O–H groups in total. The van der Waals surface area contributed by atoms with Crippen molar-refractivity contribution < 1.29 is 50.6 Å². The molecule has 1 spiro atoms. The molecular weight excluding hydrogens is 644 g/mol. The van der Waals surface area contributed by atoms with Gasteiger partial charge < -0.3 is 10.0 Å². The third-order valence-electron chi connectivity index (χ3n) is 8.93. The molecule has 0 bridgehead atoms. The summed E-state index contributed by atoms with van der Waals surface area (Å²) in [5.41, 5.74) is 1.22. The molecule has 0 aromatic heterocycles. The number of amides is 3. The Kier molecular flexibility index (Phi) is 9.42. The Balaban J connectivity index is 0.000000582. The van der Waals surface area contributed by atoms with Crippen LogP contribution in [0.4, 0.5) is 26.3 Å². The summed E-state index contributed by atoms with van der Waals surface area (Å²) in [6.07, 6.45) is -8.56. The first-order valence-electron chi connectivity index (χ1n) is 15.0. The second kappa shape index (κ2) is 13.1. The molecule has 0 radical (unpaired) electrons. The van der Waals surface area contributed by atoms with Gasteiger partial charge in [0, 0.05) is 19.1 Å². The molecule has 3 aromatic carbocycles. The Morgan fingerprint density at radius 3 is 2.00 bits per heavy atom. The molecule has 8 nitrogen and oxygen atoms in total. The second-order valence-electron chi connectivity index (χ2n) is 12.1. The van der Waals surface area contributed by atoms with Crippen molar-refractivity contribution in [2.45, 2.75) is 56.8 Å². The Morgan fingerprint density at radius 2 is 1.44 bits per heavy atom. The summed E-state index contributed by atoms with van der Waals surface area (Å²) < 4.78 is 70.9. The number of imide groups is 1. The fourth-order valence-electron chi connectivity index (χ4n) is 6.68. The molecule has 4 atom stereocenters. The number of alkyl halides is 6. The molecule has 3 aromatic rings. The molecule has 0 aliphatic carbocycles. The van der Waals surface area contributed by atoms with Crippen LogP contribution in [0.1, 0.15) is 46.7 Å². The molecule has 3 aliphatic heterocycles. The highest BCUT2D eigenvalue weighted by Crippen LogP contribution is 2.52. The number of likely N-dealkylation sites (tertiary alicyclic amines) is 2. The molecule has 3 fully saturated rings. The van der Waals surface area contributed by atoms with Gasteiger partial charge in [-0.25, -0.2) is 4.79 Å². The first-order valence-corrected chi connectivity index (χ1v) is 15.0. The largest absolute Gasteiger partial charge is 0.490 e. The van der Waals surface area contributed by atoms with Crippen LogP contribution in [0.25, 0.3) is 0 Å². The first kappa shape index (κ1) is 34.6. The summed E-state index contributed by atoms with van der Waals surface area (Å²) in [5.74, 6) is -5.34. The molecule has 3 amide bonds. The lowest BCUT2D eigenvalue weighted by molar-refractivity contribution is -0.192. The van der Waals surface area contributed by atoms with Crippen molar-refractivity contribution in [3.05, 3.63) is 107 Å². The van der Waals surface area contributed by atoms with Crippen LogP contribution in [0.5, 0.6) is 0 Å². The maximum absolute atomic E-state index is 14.3. The lowest BCUT2D eigenvalue weighted by atomic mass is 9.74. The number of hydrogen-bond acceptors (Lipinski definition) is 5. The Labute approximate surface area is 271 Å². The predicted molar refractivity (Wildman–Crippen MR) is 159 cm³/mol. The van der Waals surface area contributed by atoms with E-state index in [4.69, 9.17) is 9.90 Å². The zero-order valence-corrected chi connectivity index (χ0v) is 25.5. The van der Waals surface area contributed by atoms with Crippen molar-refractivity contribution in [1.82, 2.24) is 15.1 Å². The molecule has 0 unspecified atom stereocenters. The first-order chi connectivity index (χ1) is 22.5. The molecule has 6 rings (SSSR count). The van der Waals surface area contributed by atoms with Gasteiger partial charge >= 0.3 is 18.3 Å². The quantitative estimate of drug-likeness (QED) is 0.268. The number of rotatable bonds is 5. The number of carbonyl (C=O) groups is 4. The predicted octanol–water partition coefficient (Wildman–Crippen LogP) is 5.65. The van der Waals surface area contributed by atoms with Gasteiger partial charge in [0.15, 0.2) is 0 Å². The van der Waals surface area contributed by atoms with Crippen LogP contribution in [0.3, 0.4) is 0 Å². The third-order valence-corrected chi connectivity index (χ3v) is 8.93. The molecule has 3 heterocycles. The second-order valence-corrected chi connectivity index (χ2v) is 12.1. The van der Waals surface area contributed by atoms with Gasteiger partial charge in [0.1, 0.15) is 5.54 Å². The van der Waals surface area contributed by atoms with Gasteiger partial charge in [0.25, 0.3) is 0 Å². The molecule has 14 heteroatoms. The number of carboxylic acid groups (broad SMARTS) is 1. The standard InChI is InChI=1S/C32H30F3N3O3.C2HF3O2/c1-20-8-12-23(13-9-20)27-25-26(29(40)38(28(25)39)19-21-6-3-2-4-7-21)31(36-27)16-5-17-37(30(31)41)18-22-10-14-24(15-11-22)32(33,34)35;3-2(4,5)1(6)7/h2-4,6-15,25-27,36H,5,16-19H2,1H3;(H,6,7)/t25-,26-,27-,31-;/m1./s1. The van der Waals surface area contributed by atoms with Crippen LogP contribution >= 0.6 is 0 Å². The minimum Gasteiger partial charge on any atom is -0.475 e.